The number of carbonyl (C=O) groups excluding carboxylic acids is 1. The molecule has 0 aliphatic heterocycles. The predicted octanol–water partition coefficient (Wildman–Crippen LogP) is 0.209. The van der Waals surface area contributed by atoms with E-state index in [0.29, 0.717) is 6.29 Å². The molecule has 0 rings (SSSR count). The first kappa shape index (κ1) is 5.63. The third-order valence-electron chi connectivity index (χ3n) is 0.436. The van der Waals surface area contributed by atoms with Crippen molar-refractivity contribution in [3.8, 4) is 0 Å². The van der Waals surface area contributed by atoms with Crippen molar-refractivity contribution in [2.75, 3.05) is 0 Å². The Labute approximate surface area is 36.8 Å². The Morgan fingerprint density at radius 2 is 2.33 bits per heavy atom. The lowest BCUT2D eigenvalue weighted by atomic mass is 10.3. The molecular formula is C4H6O2. The van der Waals surface area contributed by atoms with Crippen LogP contribution in [0.1, 0.15) is 6.42 Å². The lowest BCUT2D eigenvalue weighted by Crippen LogP contribution is -2.01. The summed E-state index contributed by atoms with van der Waals surface area (Å²) < 4.78 is 0. The van der Waals surface area contributed by atoms with Crippen LogP contribution in [0.2, 0.25) is 0 Å². The second-order valence-electron chi connectivity index (χ2n) is 0.963. The Kier molecular flexibility index (Phi) is 2.67. The van der Waals surface area contributed by atoms with Crippen LogP contribution in [0.15, 0.2) is 0 Å². The van der Waals surface area contributed by atoms with E-state index in [1.807, 2.05) is 0 Å². The molecule has 0 saturated carbocycles. The maximum absolute atomic E-state index is 9.83. The fraction of sp³-hybridized carbons (Fsp3) is 0.500. The molecule has 6 heavy (non-hydrogen) atoms. The average Bonchev–Trinajstić information content (AvgIpc) is 1.65. The highest BCUT2D eigenvalue weighted by Crippen LogP contribution is 1.80. The van der Waals surface area contributed by atoms with E-state index in [-0.39, 0.29) is 6.42 Å². The lowest BCUT2D eigenvalue weighted by Gasteiger charge is -1.85. The maximum atomic E-state index is 9.83. The van der Waals surface area contributed by atoms with Gasteiger partial charge in [-0.1, -0.05) is 6.92 Å². The van der Waals surface area contributed by atoms with Crippen molar-refractivity contribution in [1.29, 1.82) is 0 Å². The molecule has 0 amide bonds. The first-order valence-electron chi connectivity index (χ1n) is 1.71. The van der Waals surface area contributed by atoms with E-state index in [1.165, 1.54) is 0 Å². The standard InChI is InChI=1S/C4H6O2/c1-2-4(6)3-5/h3-4H,1-2H2. The topological polar surface area (TPSA) is 37.0 Å². The molecule has 2 radical (unpaired) electrons. The van der Waals surface area contributed by atoms with E-state index in [2.05, 4.69) is 6.92 Å². The van der Waals surface area contributed by atoms with Gasteiger partial charge in [0.05, 0.1) is 0 Å². The molecule has 2 nitrogen and oxygen atoms in total. The maximum Gasteiger partial charge on any atom is 0.152 e. The highest BCUT2D eigenvalue weighted by molar-refractivity contribution is 5.55. The molecule has 0 bridgehead atoms. The monoisotopic (exact) mass is 86.0 g/mol. The normalized spacial score (nSPS) is 13.7. The fourth-order valence-corrected chi connectivity index (χ4v) is 0.0680. The Balaban J connectivity index is 2.96. The first-order valence-corrected chi connectivity index (χ1v) is 1.71. The number of hydrogen-bond donors (Lipinski definition) is 0. The van der Waals surface area contributed by atoms with E-state index >= 15 is 0 Å². The summed E-state index contributed by atoms with van der Waals surface area (Å²) in [5.41, 5.74) is 0. The van der Waals surface area contributed by atoms with Crippen molar-refractivity contribution in [3.05, 3.63) is 6.92 Å². The summed E-state index contributed by atoms with van der Waals surface area (Å²) in [4.78, 5) is 9.38. The van der Waals surface area contributed by atoms with E-state index in [0.717, 1.165) is 0 Å². The lowest BCUT2D eigenvalue weighted by molar-refractivity contribution is -0.117. The fourth-order valence-electron chi connectivity index (χ4n) is 0.0680. The number of carbonyl (C=O) groups is 1. The molecule has 0 aliphatic carbocycles. The molecule has 0 heterocycles. The SMILES string of the molecule is [CH2]CC([O])C=O. The van der Waals surface area contributed by atoms with Gasteiger partial charge in [0, 0.05) is 0 Å². The Bertz CT molecular complexity index is 42.8. The molecule has 1 unspecified atom stereocenters. The molecule has 0 aromatic carbocycles. The molecular weight excluding hydrogens is 80.0 g/mol. The van der Waals surface area contributed by atoms with Gasteiger partial charge in [0.15, 0.2) is 6.29 Å². The van der Waals surface area contributed by atoms with E-state index in [1.54, 1.807) is 0 Å². The van der Waals surface area contributed by atoms with Crippen LogP contribution in [0.5, 0.6) is 0 Å². The van der Waals surface area contributed by atoms with E-state index in [4.69, 9.17) is 0 Å². The van der Waals surface area contributed by atoms with Gasteiger partial charge in [0.2, 0.25) is 0 Å². The number of aldehydes is 1. The highest BCUT2D eigenvalue weighted by Gasteiger charge is 1.94. The molecule has 1 atom stereocenters. The summed E-state index contributed by atoms with van der Waals surface area (Å²) >= 11 is 0. The predicted molar refractivity (Wildman–Crippen MR) is 20.5 cm³/mol. The average molecular weight is 86.1 g/mol. The minimum Gasteiger partial charge on any atom is -0.300 e. The first-order chi connectivity index (χ1) is 2.81. The molecule has 0 fully saturated rings. The summed E-state index contributed by atoms with van der Waals surface area (Å²) in [5, 5.41) is 9.83. The summed E-state index contributed by atoms with van der Waals surface area (Å²) in [7, 11) is 0. The molecule has 0 saturated heterocycles. The zero-order valence-corrected chi connectivity index (χ0v) is 3.39. The van der Waals surface area contributed by atoms with Crippen LogP contribution in [0.4, 0.5) is 0 Å². The molecule has 34 valence electrons. The molecule has 0 aromatic heterocycles. The van der Waals surface area contributed by atoms with Crippen LogP contribution < -0.4 is 0 Å². The van der Waals surface area contributed by atoms with Gasteiger partial charge >= 0.3 is 0 Å². The third-order valence-corrected chi connectivity index (χ3v) is 0.436. The molecule has 0 aliphatic rings. The zero-order valence-electron chi connectivity index (χ0n) is 3.39. The minimum atomic E-state index is -1.11. The highest BCUT2D eigenvalue weighted by atomic mass is 16.3. The van der Waals surface area contributed by atoms with Gasteiger partial charge in [-0.3, -0.25) is 0 Å². The van der Waals surface area contributed by atoms with Crippen molar-refractivity contribution in [1.82, 2.24) is 0 Å². The Morgan fingerprint density at radius 3 is 2.33 bits per heavy atom. The van der Waals surface area contributed by atoms with Gasteiger partial charge in [-0.05, 0) is 6.42 Å². The summed E-state index contributed by atoms with van der Waals surface area (Å²) in [6, 6.07) is 0. The summed E-state index contributed by atoms with van der Waals surface area (Å²) in [5.74, 6) is 0. The van der Waals surface area contributed by atoms with Gasteiger partial charge in [0.1, 0.15) is 6.10 Å². The van der Waals surface area contributed by atoms with Crippen LogP contribution in [-0.2, 0) is 9.90 Å². The van der Waals surface area contributed by atoms with Crippen LogP contribution >= 0.6 is 0 Å². The summed E-state index contributed by atoms with van der Waals surface area (Å²) in [6.07, 6.45) is -0.596. The van der Waals surface area contributed by atoms with E-state index in [9.17, 15) is 9.90 Å². The van der Waals surface area contributed by atoms with Crippen molar-refractivity contribution in [3.63, 3.8) is 0 Å². The molecule has 0 N–H and O–H groups in total. The van der Waals surface area contributed by atoms with Crippen LogP contribution in [0.3, 0.4) is 0 Å². The minimum absolute atomic E-state index is 0.156. The van der Waals surface area contributed by atoms with Gasteiger partial charge in [0.25, 0.3) is 0 Å². The molecule has 2 heteroatoms. The van der Waals surface area contributed by atoms with Crippen molar-refractivity contribution in [2.24, 2.45) is 0 Å². The van der Waals surface area contributed by atoms with E-state index < -0.39 is 6.10 Å². The summed E-state index contributed by atoms with van der Waals surface area (Å²) in [6.45, 7) is 3.21. The Morgan fingerprint density at radius 1 is 1.83 bits per heavy atom. The zero-order chi connectivity index (χ0) is 4.99. The van der Waals surface area contributed by atoms with Gasteiger partial charge in [-0.15, -0.1) is 0 Å². The number of hydrogen-bond acceptors (Lipinski definition) is 1. The second-order valence-corrected chi connectivity index (χ2v) is 0.963. The van der Waals surface area contributed by atoms with Crippen LogP contribution in [-0.4, -0.2) is 12.4 Å². The van der Waals surface area contributed by atoms with Gasteiger partial charge in [-0.2, -0.15) is 0 Å². The molecule has 0 spiro atoms. The quantitative estimate of drug-likeness (QED) is 0.442. The molecule has 0 aromatic rings. The van der Waals surface area contributed by atoms with Crippen LogP contribution in [0, 0.1) is 6.92 Å². The number of rotatable bonds is 2. The second kappa shape index (κ2) is 2.85. The van der Waals surface area contributed by atoms with Gasteiger partial charge < -0.3 is 4.79 Å². The van der Waals surface area contributed by atoms with Crippen molar-refractivity contribution >= 4 is 6.29 Å². The largest absolute Gasteiger partial charge is 0.300 e. The third kappa shape index (κ3) is 1.91. The van der Waals surface area contributed by atoms with Gasteiger partial charge in [-0.25, -0.2) is 5.11 Å². The Hall–Kier alpha value is -0.370. The smallest absolute Gasteiger partial charge is 0.152 e. The van der Waals surface area contributed by atoms with Crippen molar-refractivity contribution < 1.29 is 9.90 Å². The van der Waals surface area contributed by atoms with Crippen LogP contribution in [0.25, 0.3) is 0 Å². The van der Waals surface area contributed by atoms with Crippen molar-refractivity contribution in [2.45, 2.75) is 12.5 Å².